The molecule has 0 radical (unpaired) electrons. The molecule has 1 aliphatic carbocycles. The summed E-state index contributed by atoms with van der Waals surface area (Å²) >= 11 is 6.24. The molecule has 2 amide bonds. The standard InChI is InChI=1S/C33H40ClN3O4S/c1-23-13-16-30(17-14-23)42(40,41)37(31-18-15-24(2)19-25(31)3)22-32(38)36(21-27-9-8-10-28(34)20-27)26(4)33(39)35-29-11-6-5-7-12-29/h8-10,13-20,26,29H,5-7,11-12,21-22H2,1-4H3,(H,35,39). The molecule has 0 aromatic heterocycles. The Hall–Kier alpha value is -3.36. The van der Waals surface area contributed by atoms with E-state index in [4.69, 9.17) is 11.6 Å². The van der Waals surface area contributed by atoms with E-state index in [-0.39, 0.29) is 23.4 Å². The highest BCUT2D eigenvalue weighted by molar-refractivity contribution is 7.92. The number of carbonyl (C=O) groups is 2. The Morgan fingerprint density at radius 2 is 1.60 bits per heavy atom. The summed E-state index contributed by atoms with van der Waals surface area (Å²) in [7, 11) is -4.12. The maximum absolute atomic E-state index is 14.2. The van der Waals surface area contributed by atoms with Crippen molar-refractivity contribution >= 4 is 39.1 Å². The van der Waals surface area contributed by atoms with Gasteiger partial charge in [0.05, 0.1) is 10.6 Å². The third-order valence-corrected chi connectivity index (χ3v) is 9.88. The second kappa shape index (κ2) is 13.7. The maximum Gasteiger partial charge on any atom is 0.264 e. The summed E-state index contributed by atoms with van der Waals surface area (Å²) < 4.78 is 29.3. The molecule has 1 aliphatic rings. The fourth-order valence-corrected chi connectivity index (χ4v) is 7.11. The lowest BCUT2D eigenvalue weighted by atomic mass is 9.95. The molecule has 3 aromatic carbocycles. The van der Waals surface area contributed by atoms with Crippen molar-refractivity contribution in [3.8, 4) is 0 Å². The van der Waals surface area contributed by atoms with Gasteiger partial charge in [0.15, 0.2) is 0 Å². The Balaban J connectivity index is 1.70. The largest absolute Gasteiger partial charge is 0.352 e. The number of nitrogens with one attached hydrogen (secondary N) is 1. The number of nitrogens with zero attached hydrogens (tertiary/aromatic N) is 2. The van der Waals surface area contributed by atoms with Gasteiger partial charge in [0.1, 0.15) is 12.6 Å². The summed E-state index contributed by atoms with van der Waals surface area (Å²) in [5.41, 5.74) is 3.78. The molecule has 7 nitrogen and oxygen atoms in total. The third-order valence-electron chi connectivity index (χ3n) is 7.87. The summed E-state index contributed by atoms with van der Waals surface area (Å²) in [5.74, 6) is -0.742. The highest BCUT2D eigenvalue weighted by Crippen LogP contribution is 2.29. The first-order valence-corrected chi connectivity index (χ1v) is 16.3. The Bertz CT molecular complexity index is 1520. The minimum Gasteiger partial charge on any atom is -0.352 e. The summed E-state index contributed by atoms with van der Waals surface area (Å²) in [6.07, 6.45) is 5.11. The van der Waals surface area contributed by atoms with Crippen molar-refractivity contribution in [2.24, 2.45) is 0 Å². The first-order valence-electron chi connectivity index (χ1n) is 14.5. The number of sulfonamides is 1. The Morgan fingerprint density at radius 3 is 2.24 bits per heavy atom. The van der Waals surface area contributed by atoms with Crippen molar-refractivity contribution in [2.75, 3.05) is 10.8 Å². The summed E-state index contributed by atoms with van der Waals surface area (Å²) in [6.45, 7) is 6.96. The Labute approximate surface area is 254 Å². The first kappa shape index (κ1) is 31.6. The number of hydrogen-bond donors (Lipinski definition) is 1. The predicted molar refractivity (Wildman–Crippen MR) is 168 cm³/mol. The van der Waals surface area contributed by atoms with Crippen LogP contribution in [0.25, 0.3) is 0 Å². The lowest BCUT2D eigenvalue weighted by Crippen LogP contribution is -2.53. The van der Waals surface area contributed by atoms with E-state index in [1.807, 2.05) is 39.0 Å². The molecule has 0 spiro atoms. The quantitative estimate of drug-likeness (QED) is 0.291. The second-order valence-electron chi connectivity index (χ2n) is 11.3. The molecule has 9 heteroatoms. The SMILES string of the molecule is Cc1ccc(S(=O)(=O)N(CC(=O)N(Cc2cccc(Cl)c2)C(C)C(=O)NC2CCCCC2)c2ccc(C)cc2C)cc1. The van der Waals surface area contributed by atoms with E-state index in [0.717, 1.165) is 58.7 Å². The number of carbonyl (C=O) groups excluding carboxylic acids is 2. The van der Waals surface area contributed by atoms with Gasteiger partial charge in [-0.15, -0.1) is 0 Å². The number of hydrogen-bond acceptors (Lipinski definition) is 4. The average Bonchev–Trinajstić information content (AvgIpc) is 2.95. The molecule has 1 saturated carbocycles. The van der Waals surface area contributed by atoms with E-state index in [2.05, 4.69) is 5.32 Å². The zero-order valence-electron chi connectivity index (χ0n) is 24.8. The number of benzene rings is 3. The highest BCUT2D eigenvalue weighted by atomic mass is 35.5. The van der Waals surface area contributed by atoms with Gasteiger partial charge in [-0.3, -0.25) is 13.9 Å². The van der Waals surface area contributed by atoms with E-state index < -0.39 is 28.5 Å². The van der Waals surface area contributed by atoms with Crippen LogP contribution in [0.3, 0.4) is 0 Å². The normalized spacial score (nSPS) is 14.7. The predicted octanol–water partition coefficient (Wildman–Crippen LogP) is 6.33. The molecule has 0 saturated heterocycles. The lowest BCUT2D eigenvalue weighted by molar-refractivity contribution is -0.139. The van der Waals surface area contributed by atoms with E-state index in [1.165, 1.54) is 4.90 Å². The van der Waals surface area contributed by atoms with Crippen molar-refractivity contribution in [1.82, 2.24) is 10.2 Å². The van der Waals surface area contributed by atoms with Crippen molar-refractivity contribution < 1.29 is 18.0 Å². The zero-order valence-corrected chi connectivity index (χ0v) is 26.3. The first-order chi connectivity index (χ1) is 20.0. The number of rotatable bonds is 10. The van der Waals surface area contributed by atoms with Gasteiger partial charge >= 0.3 is 0 Å². The van der Waals surface area contributed by atoms with Crippen LogP contribution in [-0.4, -0.2) is 43.8 Å². The third kappa shape index (κ3) is 7.72. The van der Waals surface area contributed by atoms with Gasteiger partial charge in [-0.2, -0.15) is 0 Å². The van der Waals surface area contributed by atoms with Crippen LogP contribution in [0.1, 0.15) is 61.3 Å². The van der Waals surface area contributed by atoms with Crippen molar-refractivity contribution in [2.45, 2.75) is 83.3 Å². The van der Waals surface area contributed by atoms with E-state index >= 15 is 0 Å². The lowest BCUT2D eigenvalue weighted by Gasteiger charge is -2.33. The van der Waals surface area contributed by atoms with Crippen molar-refractivity contribution in [3.63, 3.8) is 0 Å². The number of amides is 2. The van der Waals surface area contributed by atoms with Crippen LogP contribution >= 0.6 is 11.6 Å². The van der Waals surface area contributed by atoms with Crippen LogP contribution in [0.4, 0.5) is 5.69 Å². The van der Waals surface area contributed by atoms with Crippen LogP contribution in [-0.2, 0) is 26.2 Å². The fourth-order valence-electron chi connectivity index (χ4n) is 5.42. The van der Waals surface area contributed by atoms with E-state index in [9.17, 15) is 18.0 Å². The van der Waals surface area contributed by atoms with Crippen LogP contribution in [0.5, 0.6) is 0 Å². The van der Waals surface area contributed by atoms with E-state index in [0.29, 0.717) is 10.7 Å². The minimum atomic E-state index is -4.12. The summed E-state index contributed by atoms with van der Waals surface area (Å²) in [4.78, 5) is 29.2. The summed E-state index contributed by atoms with van der Waals surface area (Å²) in [5, 5.41) is 3.63. The number of halogens is 1. The van der Waals surface area contributed by atoms with Crippen LogP contribution in [0.2, 0.25) is 5.02 Å². The van der Waals surface area contributed by atoms with Gasteiger partial charge in [0.2, 0.25) is 11.8 Å². The molecule has 4 rings (SSSR count). The second-order valence-corrected chi connectivity index (χ2v) is 13.6. The van der Waals surface area contributed by atoms with Crippen molar-refractivity contribution in [3.05, 3.63) is 94.0 Å². The number of anilines is 1. The molecule has 1 N–H and O–H groups in total. The van der Waals surface area contributed by atoms with Gasteiger partial charge in [-0.1, -0.05) is 78.4 Å². The fraction of sp³-hybridized carbons (Fsp3) is 0.394. The molecule has 0 aliphatic heterocycles. The molecule has 224 valence electrons. The molecule has 3 aromatic rings. The van der Waals surface area contributed by atoms with Gasteiger partial charge in [0.25, 0.3) is 10.0 Å². The average molecular weight is 610 g/mol. The minimum absolute atomic E-state index is 0.0745. The van der Waals surface area contributed by atoms with E-state index in [1.54, 1.807) is 55.5 Å². The molecule has 0 bridgehead atoms. The van der Waals surface area contributed by atoms with Gasteiger partial charge < -0.3 is 10.2 Å². The number of aryl methyl sites for hydroxylation is 3. The molecule has 1 fully saturated rings. The summed E-state index contributed by atoms with van der Waals surface area (Å²) in [6, 6.07) is 18.4. The Morgan fingerprint density at radius 1 is 0.929 bits per heavy atom. The van der Waals surface area contributed by atoms with Gasteiger partial charge in [-0.05, 0) is 82.0 Å². The van der Waals surface area contributed by atoms with Crippen molar-refractivity contribution in [1.29, 1.82) is 0 Å². The molecule has 42 heavy (non-hydrogen) atoms. The molecule has 0 heterocycles. The van der Waals surface area contributed by atoms with Crippen LogP contribution < -0.4 is 9.62 Å². The molecular formula is C33H40ClN3O4S. The molecule has 1 atom stereocenters. The molecular weight excluding hydrogens is 570 g/mol. The zero-order chi connectivity index (χ0) is 30.4. The topological polar surface area (TPSA) is 86.8 Å². The maximum atomic E-state index is 14.2. The van der Waals surface area contributed by atoms with Gasteiger partial charge in [-0.25, -0.2) is 8.42 Å². The highest BCUT2D eigenvalue weighted by Gasteiger charge is 2.33. The monoisotopic (exact) mass is 609 g/mol. The smallest absolute Gasteiger partial charge is 0.264 e. The van der Waals surface area contributed by atoms with Gasteiger partial charge in [0, 0.05) is 17.6 Å². The Kier molecular flexibility index (Phi) is 10.3. The molecule has 1 unspecified atom stereocenters. The van der Waals surface area contributed by atoms with Crippen LogP contribution in [0, 0.1) is 20.8 Å². The van der Waals surface area contributed by atoms with Crippen LogP contribution in [0.15, 0.2) is 71.6 Å².